The summed E-state index contributed by atoms with van der Waals surface area (Å²) in [6.07, 6.45) is 0.827. The molecule has 1 aliphatic carbocycles. The van der Waals surface area contributed by atoms with E-state index >= 15 is 0 Å². The van der Waals surface area contributed by atoms with E-state index in [1.54, 1.807) is 6.07 Å². The van der Waals surface area contributed by atoms with Crippen LogP contribution in [0.5, 0.6) is 0 Å². The van der Waals surface area contributed by atoms with Crippen LogP contribution < -0.4 is 10.2 Å². The van der Waals surface area contributed by atoms with Gasteiger partial charge in [-0.15, -0.1) is 0 Å². The number of esters is 1. The van der Waals surface area contributed by atoms with Crippen LogP contribution in [0.15, 0.2) is 71.1 Å². The second-order valence-electron chi connectivity index (χ2n) is 9.51. The molecule has 0 saturated carbocycles. The average molecular weight is 479 g/mol. The van der Waals surface area contributed by atoms with Gasteiger partial charge in [-0.1, -0.05) is 35.9 Å². The smallest absolute Gasteiger partial charge is 0.337 e. The molecular weight excluding hydrogens is 448 g/mol. The van der Waals surface area contributed by atoms with Gasteiger partial charge in [0.1, 0.15) is 0 Å². The predicted molar refractivity (Wildman–Crippen MR) is 136 cm³/mol. The van der Waals surface area contributed by atoms with Gasteiger partial charge in [-0.05, 0) is 68.5 Å². The first-order valence-corrected chi connectivity index (χ1v) is 12.0. The molecule has 6 heteroatoms. The molecule has 1 N–H and O–H groups in total. The fraction of sp³-hybridized carbons (Fsp3) is 0.357. The fourth-order valence-electron chi connectivity index (χ4n) is 4.89. The Morgan fingerprint density at radius 3 is 2.41 bits per heavy atom. The predicted octanol–water partition coefficient (Wildman–Crippen LogP) is 5.72. The molecule has 4 rings (SSSR count). The Hall–Kier alpha value is -3.05. The standard InChI is InChI=1S/C28H31ClN2O3/c1-16(2)34-28(33)25-17(3)30-23-14-20(18-9-11-22(12-10-18)31(4)5)15-24(32)27(23)26(25)19-7-6-8-21(29)13-19/h6-13,16,20,26,30H,14-15H2,1-5H3. The number of benzene rings is 2. The number of nitrogens with one attached hydrogen (secondary N) is 1. The maximum absolute atomic E-state index is 13.6. The lowest BCUT2D eigenvalue weighted by atomic mass is 9.71. The van der Waals surface area contributed by atoms with Crippen LogP contribution in [-0.2, 0) is 14.3 Å². The summed E-state index contributed by atoms with van der Waals surface area (Å²) in [5.74, 6) is -0.800. The SMILES string of the molecule is CC1=C(C(=O)OC(C)C)C(c2cccc(Cl)c2)C2=C(CC(c3ccc(N(C)C)cc3)CC2=O)N1. The lowest BCUT2D eigenvalue weighted by molar-refractivity contribution is -0.143. The van der Waals surface area contributed by atoms with Gasteiger partial charge >= 0.3 is 5.97 Å². The molecule has 2 aliphatic rings. The Kier molecular flexibility index (Phi) is 6.85. The molecule has 2 unspecified atom stereocenters. The molecule has 2 aromatic carbocycles. The summed E-state index contributed by atoms with van der Waals surface area (Å²) in [6, 6.07) is 15.8. The van der Waals surface area contributed by atoms with E-state index in [1.807, 2.05) is 53.1 Å². The van der Waals surface area contributed by atoms with Crippen molar-refractivity contribution in [2.24, 2.45) is 0 Å². The number of rotatable bonds is 5. The third-order valence-corrected chi connectivity index (χ3v) is 6.69. The molecule has 178 valence electrons. The van der Waals surface area contributed by atoms with Gasteiger partial charge in [-0.25, -0.2) is 4.79 Å². The number of anilines is 1. The van der Waals surface area contributed by atoms with Gasteiger partial charge in [0.15, 0.2) is 5.78 Å². The number of allylic oxidation sites excluding steroid dienone is 3. The zero-order chi connectivity index (χ0) is 24.6. The molecule has 0 aromatic heterocycles. The normalized spacial score (nSPS) is 20.3. The van der Waals surface area contributed by atoms with E-state index in [-0.39, 0.29) is 17.8 Å². The van der Waals surface area contributed by atoms with Crippen molar-refractivity contribution >= 4 is 29.0 Å². The molecule has 1 aliphatic heterocycles. The highest BCUT2D eigenvalue weighted by Crippen LogP contribution is 2.46. The quantitative estimate of drug-likeness (QED) is 0.557. The van der Waals surface area contributed by atoms with Gasteiger partial charge in [0.05, 0.1) is 11.7 Å². The van der Waals surface area contributed by atoms with Crippen LogP contribution in [0.1, 0.15) is 56.6 Å². The highest BCUT2D eigenvalue weighted by atomic mass is 35.5. The lowest BCUT2D eigenvalue weighted by Gasteiger charge is -2.37. The van der Waals surface area contributed by atoms with E-state index in [0.717, 1.165) is 22.5 Å². The second kappa shape index (κ2) is 9.67. The van der Waals surface area contributed by atoms with Crippen LogP contribution in [0.4, 0.5) is 5.69 Å². The van der Waals surface area contributed by atoms with Crippen LogP contribution in [0.25, 0.3) is 0 Å². The molecule has 0 spiro atoms. The molecule has 1 heterocycles. The molecular formula is C28H31ClN2O3. The van der Waals surface area contributed by atoms with Crippen LogP contribution >= 0.6 is 11.6 Å². The Bertz CT molecular complexity index is 1180. The number of ether oxygens (including phenoxy) is 1. The van der Waals surface area contributed by atoms with Crippen molar-refractivity contribution in [1.82, 2.24) is 5.32 Å². The van der Waals surface area contributed by atoms with Crippen molar-refractivity contribution in [3.63, 3.8) is 0 Å². The number of dihydropyridines is 1. The molecule has 0 saturated heterocycles. The summed E-state index contributed by atoms with van der Waals surface area (Å²) in [5.41, 5.74) is 5.78. The molecule has 34 heavy (non-hydrogen) atoms. The number of nitrogens with zero attached hydrogens (tertiary/aromatic N) is 1. The van der Waals surface area contributed by atoms with Crippen molar-refractivity contribution in [1.29, 1.82) is 0 Å². The zero-order valence-corrected chi connectivity index (χ0v) is 21.1. The summed E-state index contributed by atoms with van der Waals surface area (Å²) >= 11 is 6.31. The highest BCUT2D eigenvalue weighted by Gasteiger charge is 2.41. The average Bonchev–Trinajstić information content (AvgIpc) is 2.77. The van der Waals surface area contributed by atoms with Gasteiger partial charge < -0.3 is 15.0 Å². The molecule has 0 amide bonds. The number of hydrogen-bond donors (Lipinski definition) is 1. The summed E-state index contributed by atoms with van der Waals surface area (Å²) in [6.45, 7) is 5.51. The largest absolute Gasteiger partial charge is 0.460 e. The molecule has 0 fully saturated rings. The highest BCUT2D eigenvalue weighted by molar-refractivity contribution is 6.30. The van der Waals surface area contributed by atoms with Gasteiger partial charge in [0, 0.05) is 54.1 Å². The minimum absolute atomic E-state index is 0.0442. The number of halogens is 1. The van der Waals surface area contributed by atoms with Crippen molar-refractivity contribution in [2.75, 3.05) is 19.0 Å². The number of carbonyl (C=O) groups is 2. The van der Waals surface area contributed by atoms with Crippen LogP contribution in [0, 0.1) is 0 Å². The van der Waals surface area contributed by atoms with E-state index in [4.69, 9.17) is 16.3 Å². The van der Waals surface area contributed by atoms with E-state index in [2.05, 4.69) is 34.5 Å². The summed E-state index contributed by atoms with van der Waals surface area (Å²) in [4.78, 5) is 28.8. The van der Waals surface area contributed by atoms with Gasteiger partial charge in [0.25, 0.3) is 0 Å². The van der Waals surface area contributed by atoms with Gasteiger partial charge in [-0.2, -0.15) is 0 Å². The van der Waals surface area contributed by atoms with E-state index in [0.29, 0.717) is 34.7 Å². The minimum atomic E-state index is -0.509. The van der Waals surface area contributed by atoms with E-state index in [9.17, 15) is 9.59 Å². The molecule has 2 aromatic rings. The van der Waals surface area contributed by atoms with Crippen molar-refractivity contribution in [3.8, 4) is 0 Å². The Labute approximate surface area is 206 Å². The first-order chi connectivity index (χ1) is 16.2. The van der Waals surface area contributed by atoms with Crippen LogP contribution in [-0.4, -0.2) is 32.0 Å². The Balaban J connectivity index is 1.75. The maximum Gasteiger partial charge on any atom is 0.337 e. The topological polar surface area (TPSA) is 58.6 Å². The monoisotopic (exact) mass is 478 g/mol. The zero-order valence-electron chi connectivity index (χ0n) is 20.3. The second-order valence-corrected chi connectivity index (χ2v) is 9.95. The van der Waals surface area contributed by atoms with Crippen molar-refractivity contribution in [2.45, 2.75) is 51.6 Å². The lowest BCUT2D eigenvalue weighted by Crippen LogP contribution is -2.36. The number of Topliss-reactive ketones (excluding diaryl/α,β-unsaturated/α-hetero) is 1. The number of hydrogen-bond acceptors (Lipinski definition) is 5. The van der Waals surface area contributed by atoms with Gasteiger partial charge in [-0.3, -0.25) is 4.79 Å². The van der Waals surface area contributed by atoms with E-state index in [1.165, 1.54) is 0 Å². The van der Waals surface area contributed by atoms with Crippen molar-refractivity contribution in [3.05, 3.63) is 87.2 Å². The minimum Gasteiger partial charge on any atom is -0.460 e. The molecule has 0 bridgehead atoms. The Morgan fingerprint density at radius 2 is 1.79 bits per heavy atom. The van der Waals surface area contributed by atoms with Gasteiger partial charge in [0.2, 0.25) is 0 Å². The fourth-order valence-corrected chi connectivity index (χ4v) is 5.09. The number of ketones is 1. The van der Waals surface area contributed by atoms with Crippen LogP contribution in [0.2, 0.25) is 5.02 Å². The van der Waals surface area contributed by atoms with Crippen LogP contribution in [0.3, 0.4) is 0 Å². The third-order valence-electron chi connectivity index (χ3n) is 6.45. The summed E-state index contributed by atoms with van der Waals surface area (Å²) in [7, 11) is 4.02. The maximum atomic E-state index is 13.6. The summed E-state index contributed by atoms with van der Waals surface area (Å²) < 4.78 is 5.57. The van der Waals surface area contributed by atoms with E-state index < -0.39 is 11.9 Å². The third kappa shape index (κ3) is 4.76. The number of carbonyl (C=O) groups excluding carboxylic acids is 2. The Morgan fingerprint density at radius 1 is 1.09 bits per heavy atom. The first kappa shape index (κ1) is 24.1. The molecule has 2 atom stereocenters. The summed E-state index contributed by atoms with van der Waals surface area (Å²) in [5, 5.41) is 3.96. The molecule has 0 radical (unpaired) electrons. The van der Waals surface area contributed by atoms with Crippen molar-refractivity contribution < 1.29 is 14.3 Å². The molecule has 5 nitrogen and oxygen atoms in total. The first-order valence-electron chi connectivity index (χ1n) is 11.6.